The molecule has 4 fully saturated rings. The quantitative estimate of drug-likeness (QED) is 0.872. The highest BCUT2D eigenvalue weighted by molar-refractivity contribution is 5.95. The standard InChI is InChI=1S/C21H27N5O/c1-13-17(11-26(25-13)19-4-2-3-18(22)24-19)20(27)23-12-21-8-14-5-15(9-21)7-16(6-14)10-21/h2-4,11,14-16H,5-10,12H2,1H3,(H2,22,24)(H,23,27). The average molecular weight is 365 g/mol. The summed E-state index contributed by atoms with van der Waals surface area (Å²) in [5.41, 5.74) is 7.42. The molecule has 6 heteroatoms. The zero-order valence-electron chi connectivity index (χ0n) is 15.8. The average Bonchev–Trinajstić information content (AvgIpc) is 3.01. The van der Waals surface area contributed by atoms with E-state index in [1.807, 2.05) is 19.1 Å². The summed E-state index contributed by atoms with van der Waals surface area (Å²) in [6, 6.07) is 5.40. The van der Waals surface area contributed by atoms with Gasteiger partial charge in [0.05, 0.1) is 11.3 Å². The van der Waals surface area contributed by atoms with Gasteiger partial charge in [0.2, 0.25) is 0 Å². The first-order chi connectivity index (χ1) is 13.0. The van der Waals surface area contributed by atoms with Crippen molar-refractivity contribution in [2.24, 2.45) is 23.2 Å². The first-order valence-corrected chi connectivity index (χ1v) is 10.1. The van der Waals surface area contributed by atoms with Crippen LogP contribution in [-0.2, 0) is 0 Å². The fraction of sp³-hybridized carbons (Fsp3) is 0.571. The van der Waals surface area contributed by atoms with Crippen molar-refractivity contribution in [2.45, 2.75) is 45.4 Å². The fourth-order valence-corrected chi connectivity index (χ4v) is 6.24. The van der Waals surface area contributed by atoms with E-state index >= 15 is 0 Å². The van der Waals surface area contributed by atoms with Crippen molar-refractivity contribution in [1.29, 1.82) is 0 Å². The number of carbonyl (C=O) groups is 1. The van der Waals surface area contributed by atoms with Gasteiger partial charge in [-0.15, -0.1) is 0 Å². The minimum Gasteiger partial charge on any atom is -0.384 e. The number of nitrogens with one attached hydrogen (secondary N) is 1. The van der Waals surface area contributed by atoms with Crippen LogP contribution in [0.25, 0.3) is 5.82 Å². The monoisotopic (exact) mass is 365 g/mol. The maximum absolute atomic E-state index is 12.9. The summed E-state index contributed by atoms with van der Waals surface area (Å²) >= 11 is 0. The summed E-state index contributed by atoms with van der Waals surface area (Å²) in [6.45, 7) is 2.67. The van der Waals surface area contributed by atoms with Gasteiger partial charge in [0.15, 0.2) is 5.82 Å². The molecule has 0 unspecified atom stereocenters. The second kappa shape index (κ2) is 6.08. The third-order valence-electron chi connectivity index (χ3n) is 6.92. The van der Waals surface area contributed by atoms with Crippen LogP contribution in [0.15, 0.2) is 24.4 Å². The van der Waals surface area contributed by atoms with Crippen LogP contribution in [0.1, 0.15) is 54.6 Å². The Bertz CT molecular complexity index is 851. The molecule has 0 spiro atoms. The number of rotatable bonds is 4. The van der Waals surface area contributed by atoms with Gasteiger partial charge in [0, 0.05) is 12.7 Å². The predicted octanol–water partition coefficient (Wildman–Crippen LogP) is 3.10. The number of anilines is 1. The van der Waals surface area contributed by atoms with Crippen LogP contribution in [-0.4, -0.2) is 27.2 Å². The van der Waals surface area contributed by atoms with Crippen LogP contribution in [0.3, 0.4) is 0 Å². The Kier molecular flexibility index (Phi) is 3.78. The van der Waals surface area contributed by atoms with Gasteiger partial charge in [0.1, 0.15) is 5.82 Å². The molecule has 4 aliphatic carbocycles. The van der Waals surface area contributed by atoms with E-state index in [0.29, 0.717) is 28.3 Å². The van der Waals surface area contributed by atoms with Crippen LogP contribution < -0.4 is 11.1 Å². The molecule has 6 rings (SSSR count). The lowest BCUT2D eigenvalue weighted by molar-refractivity contribution is -0.0503. The number of aryl methyl sites for hydroxylation is 1. The number of carbonyl (C=O) groups excluding carboxylic acids is 1. The second-order valence-corrected chi connectivity index (χ2v) is 9.09. The molecular weight excluding hydrogens is 338 g/mol. The molecule has 4 saturated carbocycles. The Morgan fingerprint density at radius 2 is 1.89 bits per heavy atom. The smallest absolute Gasteiger partial charge is 0.254 e. The van der Waals surface area contributed by atoms with Crippen molar-refractivity contribution >= 4 is 11.7 Å². The number of pyridine rings is 1. The Morgan fingerprint density at radius 3 is 2.52 bits per heavy atom. The van der Waals surface area contributed by atoms with Gasteiger partial charge in [-0.25, -0.2) is 9.67 Å². The molecule has 2 heterocycles. The molecule has 27 heavy (non-hydrogen) atoms. The highest BCUT2D eigenvalue weighted by Crippen LogP contribution is 2.59. The summed E-state index contributed by atoms with van der Waals surface area (Å²) in [6.07, 6.45) is 9.91. The van der Waals surface area contributed by atoms with E-state index in [1.165, 1.54) is 38.5 Å². The van der Waals surface area contributed by atoms with E-state index in [0.717, 1.165) is 24.3 Å². The van der Waals surface area contributed by atoms with Gasteiger partial charge in [-0.05, 0) is 80.8 Å². The van der Waals surface area contributed by atoms with Gasteiger partial charge in [-0.2, -0.15) is 5.10 Å². The SMILES string of the molecule is Cc1nn(-c2cccc(N)n2)cc1C(=O)NCC12CC3CC(CC(C3)C1)C2. The first-order valence-electron chi connectivity index (χ1n) is 10.1. The molecule has 142 valence electrons. The van der Waals surface area contributed by atoms with Gasteiger partial charge in [-0.1, -0.05) is 6.07 Å². The summed E-state index contributed by atoms with van der Waals surface area (Å²) in [5, 5.41) is 7.69. The predicted molar refractivity (Wildman–Crippen MR) is 103 cm³/mol. The Morgan fingerprint density at radius 1 is 1.22 bits per heavy atom. The molecule has 4 bridgehead atoms. The van der Waals surface area contributed by atoms with Crippen molar-refractivity contribution in [2.75, 3.05) is 12.3 Å². The first kappa shape index (κ1) is 16.8. The molecule has 2 aromatic heterocycles. The number of hydrogen-bond acceptors (Lipinski definition) is 4. The minimum absolute atomic E-state index is 0.0293. The number of nitrogen functional groups attached to an aromatic ring is 1. The molecule has 0 saturated heterocycles. The second-order valence-electron chi connectivity index (χ2n) is 9.09. The van der Waals surface area contributed by atoms with Crippen molar-refractivity contribution in [3.63, 3.8) is 0 Å². The van der Waals surface area contributed by atoms with Crippen LogP contribution in [0, 0.1) is 30.1 Å². The van der Waals surface area contributed by atoms with E-state index in [1.54, 1.807) is 16.9 Å². The van der Waals surface area contributed by atoms with Crippen molar-refractivity contribution < 1.29 is 4.79 Å². The van der Waals surface area contributed by atoms with Crippen molar-refractivity contribution in [1.82, 2.24) is 20.1 Å². The Labute approximate surface area is 159 Å². The Hall–Kier alpha value is -2.37. The van der Waals surface area contributed by atoms with Crippen molar-refractivity contribution in [3.05, 3.63) is 35.7 Å². The number of amides is 1. The summed E-state index contributed by atoms with van der Waals surface area (Å²) in [5.74, 6) is 3.72. The molecule has 4 aliphatic rings. The number of nitrogens with two attached hydrogens (primary N) is 1. The van der Waals surface area contributed by atoms with Crippen LogP contribution in [0.4, 0.5) is 5.82 Å². The molecule has 0 aromatic carbocycles. The zero-order valence-corrected chi connectivity index (χ0v) is 15.8. The lowest BCUT2D eigenvalue weighted by Crippen LogP contribution is -2.51. The molecular formula is C21H27N5O. The number of hydrogen-bond donors (Lipinski definition) is 2. The minimum atomic E-state index is -0.0293. The topological polar surface area (TPSA) is 85.8 Å². The molecule has 2 aromatic rings. The molecule has 0 aliphatic heterocycles. The largest absolute Gasteiger partial charge is 0.384 e. The Balaban J connectivity index is 1.31. The van der Waals surface area contributed by atoms with E-state index in [-0.39, 0.29) is 5.91 Å². The van der Waals surface area contributed by atoms with Gasteiger partial charge in [-0.3, -0.25) is 4.79 Å². The van der Waals surface area contributed by atoms with E-state index in [9.17, 15) is 4.79 Å². The highest BCUT2D eigenvalue weighted by atomic mass is 16.1. The third kappa shape index (κ3) is 3.01. The lowest BCUT2D eigenvalue weighted by Gasteiger charge is -2.56. The molecule has 6 nitrogen and oxygen atoms in total. The fourth-order valence-electron chi connectivity index (χ4n) is 6.24. The lowest BCUT2D eigenvalue weighted by atomic mass is 9.49. The van der Waals surface area contributed by atoms with E-state index < -0.39 is 0 Å². The van der Waals surface area contributed by atoms with Crippen molar-refractivity contribution in [3.8, 4) is 5.82 Å². The van der Waals surface area contributed by atoms with Crippen LogP contribution in [0.5, 0.6) is 0 Å². The number of nitrogens with zero attached hydrogens (tertiary/aromatic N) is 3. The van der Waals surface area contributed by atoms with Gasteiger partial charge in [0.25, 0.3) is 5.91 Å². The molecule has 1 amide bonds. The van der Waals surface area contributed by atoms with Crippen LogP contribution >= 0.6 is 0 Å². The van der Waals surface area contributed by atoms with E-state index in [4.69, 9.17) is 5.73 Å². The number of aromatic nitrogens is 3. The summed E-state index contributed by atoms with van der Waals surface area (Å²) in [7, 11) is 0. The maximum Gasteiger partial charge on any atom is 0.254 e. The normalized spacial score (nSPS) is 31.2. The van der Waals surface area contributed by atoms with Gasteiger partial charge >= 0.3 is 0 Å². The van der Waals surface area contributed by atoms with Crippen LogP contribution in [0.2, 0.25) is 0 Å². The summed E-state index contributed by atoms with van der Waals surface area (Å²) < 4.78 is 1.63. The molecule has 3 N–H and O–H groups in total. The summed E-state index contributed by atoms with van der Waals surface area (Å²) in [4.78, 5) is 17.1. The maximum atomic E-state index is 12.9. The zero-order chi connectivity index (χ0) is 18.6. The van der Waals surface area contributed by atoms with Gasteiger partial charge < -0.3 is 11.1 Å². The highest BCUT2D eigenvalue weighted by Gasteiger charge is 2.50. The molecule has 0 atom stereocenters. The molecule has 0 radical (unpaired) electrons. The third-order valence-corrected chi connectivity index (χ3v) is 6.92. The van der Waals surface area contributed by atoms with E-state index in [2.05, 4.69) is 15.4 Å².